The minimum absolute atomic E-state index is 0.109. The average molecular weight is 343 g/mol. The van der Waals surface area contributed by atoms with Crippen LogP contribution in [-0.2, 0) is 6.54 Å². The standard InChI is InChI=1S/C18H15ClN2OS/c1-12-16(17(22)20-11-13-7-3-2-4-8-13)23-18(21-12)14-9-5-6-10-15(14)19/h2-10H,11H2,1H3,(H,20,22). The van der Waals surface area contributed by atoms with E-state index < -0.39 is 0 Å². The van der Waals surface area contributed by atoms with Crippen LogP contribution in [0.25, 0.3) is 10.6 Å². The predicted molar refractivity (Wildman–Crippen MR) is 94.9 cm³/mol. The summed E-state index contributed by atoms with van der Waals surface area (Å²) in [5, 5.41) is 4.33. The number of nitrogens with zero attached hydrogens (tertiary/aromatic N) is 1. The molecule has 1 heterocycles. The Balaban J connectivity index is 1.78. The number of nitrogens with one attached hydrogen (secondary N) is 1. The van der Waals surface area contributed by atoms with Crippen molar-refractivity contribution in [3.8, 4) is 10.6 Å². The lowest BCUT2D eigenvalue weighted by atomic mass is 10.2. The maximum atomic E-state index is 12.4. The highest BCUT2D eigenvalue weighted by Crippen LogP contribution is 2.32. The molecule has 3 rings (SSSR count). The van der Waals surface area contributed by atoms with Gasteiger partial charge in [-0.1, -0.05) is 60.1 Å². The highest BCUT2D eigenvalue weighted by atomic mass is 35.5. The summed E-state index contributed by atoms with van der Waals surface area (Å²) < 4.78 is 0. The largest absolute Gasteiger partial charge is 0.347 e. The second-order valence-electron chi connectivity index (χ2n) is 5.08. The van der Waals surface area contributed by atoms with E-state index in [-0.39, 0.29) is 5.91 Å². The van der Waals surface area contributed by atoms with Crippen molar-refractivity contribution >= 4 is 28.8 Å². The van der Waals surface area contributed by atoms with Gasteiger partial charge in [-0.2, -0.15) is 0 Å². The zero-order valence-electron chi connectivity index (χ0n) is 12.5. The number of amides is 1. The van der Waals surface area contributed by atoms with E-state index in [1.165, 1.54) is 11.3 Å². The van der Waals surface area contributed by atoms with Crippen molar-refractivity contribution in [2.45, 2.75) is 13.5 Å². The number of halogens is 1. The topological polar surface area (TPSA) is 42.0 Å². The molecule has 0 fully saturated rings. The van der Waals surface area contributed by atoms with Gasteiger partial charge in [0.1, 0.15) is 9.88 Å². The molecule has 0 atom stereocenters. The van der Waals surface area contributed by atoms with Crippen LogP contribution in [0.3, 0.4) is 0 Å². The van der Waals surface area contributed by atoms with Gasteiger partial charge in [-0.05, 0) is 18.6 Å². The fraction of sp³-hybridized carbons (Fsp3) is 0.111. The predicted octanol–water partition coefficient (Wildman–Crippen LogP) is 4.70. The number of carbonyl (C=O) groups is 1. The number of benzene rings is 2. The SMILES string of the molecule is Cc1nc(-c2ccccc2Cl)sc1C(=O)NCc1ccccc1. The molecule has 0 aliphatic heterocycles. The van der Waals surface area contributed by atoms with E-state index in [1.54, 1.807) is 0 Å². The van der Waals surface area contributed by atoms with E-state index in [0.29, 0.717) is 16.4 Å². The van der Waals surface area contributed by atoms with E-state index in [2.05, 4.69) is 10.3 Å². The maximum absolute atomic E-state index is 12.4. The average Bonchev–Trinajstić information content (AvgIpc) is 2.96. The molecule has 0 bridgehead atoms. The third-order valence-corrected chi connectivity index (χ3v) is 4.92. The van der Waals surface area contributed by atoms with E-state index in [4.69, 9.17) is 11.6 Å². The third kappa shape index (κ3) is 3.60. The van der Waals surface area contributed by atoms with E-state index in [0.717, 1.165) is 21.8 Å². The second kappa shape index (κ2) is 6.94. The lowest BCUT2D eigenvalue weighted by molar-refractivity contribution is 0.0954. The molecule has 1 N–H and O–H groups in total. The minimum Gasteiger partial charge on any atom is -0.347 e. The molecule has 3 nitrogen and oxygen atoms in total. The maximum Gasteiger partial charge on any atom is 0.263 e. The van der Waals surface area contributed by atoms with Crippen LogP contribution in [-0.4, -0.2) is 10.9 Å². The fourth-order valence-electron chi connectivity index (χ4n) is 2.22. The molecule has 3 aromatic rings. The molecule has 0 unspecified atom stereocenters. The molecule has 0 spiro atoms. The fourth-order valence-corrected chi connectivity index (χ4v) is 3.52. The lowest BCUT2D eigenvalue weighted by Gasteiger charge is -2.03. The van der Waals surface area contributed by atoms with Crippen LogP contribution in [0.1, 0.15) is 20.9 Å². The monoisotopic (exact) mass is 342 g/mol. The van der Waals surface area contributed by atoms with Crippen LogP contribution in [0.2, 0.25) is 5.02 Å². The van der Waals surface area contributed by atoms with Gasteiger partial charge in [0.25, 0.3) is 5.91 Å². The Bertz CT molecular complexity index is 830. The van der Waals surface area contributed by atoms with Gasteiger partial charge in [-0.25, -0.2) is 4.98 Å². The molecule has 0 radical (unpaired) electrons. The lowest BCUT2D eigenvalue weighted by Crippen LogP contribution is -2.22. The molecule has 23 heavy (non-hydrogen) atoms. The first-order valence-electron chi connectivity index (χ1n) is 7.19. The second-order valence-corrected chi connectivity index (χ2v) is 6.49. The Morgan fingerprint density at radius 1 is 1.13 bits per heavy atom. The van der Waals surface area contributed by atoms with Gasteiger partial charge in [-0.15, -0.1) is 11.3 Å². The summed E-state index contributed by atoms with van der Waals surface area (Å²) in [6.07, 6.45) is 0. The number of thiazole rings is 1. The first kappa shape index (κ1) is 15.7. The van der Waals surface area contributed by atoms with Gasteiger partial charge < -0.3 is 5.32 Å². The molecule has 0 saturated heterocycles. The number of aromatic nitrogens is 1. The summed E-state index contributed by atoms with van der Waals surface area (Å²) in [6.45, 7) is 2.34. The molecule has 116 valence electrons. The smallest absolute Gasteiger partial charge is 0.263 e. The van der Waals surface area contributed by atoms with Crippen molar-refractivity contribution in [3.63, 3.8) is 0 Å². The zero-order valence-corrected chi connectivity index (χ0v) is 14.1. The number of aryl methyl sites for hydroxylation is 1. The van der Waals surface area contributed by atoms with Gasteiger partial charge in [0.2, 0.25) is 0 Å². The van der Waals surface area contributed by atoms with Crippen LogP contribution < -0.4 is 5.32 Å². The molecule has 1 aromatic heterocycles. The quantitative estimate of drug-likeness (QED) is 0.746. The van der Waals surface area contributed by atoms with Crippen LogP contribution in [0.15, 0.2) is 54.6 Å². The molecule has 0 aliphatic rings. The number of rotatable bonds is 4. The molecular weight excluding hydrogens is 328 g/mol. The van der Waals surface area contributed by atoms with Crippen LogP contribution in [0.5, 0.6) is 0 Å². The van der Waals surface area contributed by atoms with Crippen molar-refractivity contribution in [1.82, 2.24) is 10.3 Å². The summed E-state index contributed by atoms with van der Waals surface area (Å²) in [4.78, 5) is 17.5. The number of hydrogen-bond donors (Lipinski definition) is 1. The molecule has 5 heteroatoms. The molecular formula is C18H15ClN2OS. The summed E-state index contributed by atoms with van der Waals surface area (Å²) in [6, 6.07) is 17.3. The highest BCUT2D eigenvalue weighted by molar-refractivity contribution is 7.17. The van der Waals surface area contributed by atoms with E-state index in [9.17, 15) is 4.79 Å². The molecule has 2 aromatic carbocycles. The van der Waals surface area contributed by atoms with Crippen molar-refractivity contribution in [2.24, 2.45) is 0 Å². The van der Waals surface area contributed by atoms with Crippen LogP contribution in [0.4, 0.5) is 0 Å². The number of carbonyl (C=O) groups excluding carboxylic acids is 1. The highest BCUT2D eigenvalue weighted by Gasteiger charge is 2.17. The van der Waals surface area contributed by atoms with Crippen molar-refractivity contribution < 1.29 is 4.79 Å². The van der Waals surface area contributed by atoms with E-state index >= 15 is 0 Å². The molecule has 0 aliphatic carbocycles. The first-order chi connectivity index (χ1) is 11.1. The van der Waals surface area contributed by atoms with E-state index in [1.807, 2.05) is 61.5 Å². The van der Waals surface area contributed by atoms with Gasteiger partial charge in [0.15, 0.2) is 0 Å². The Morgan fingerprint density at radius 2 is 1.83 bits per heavy atom. The summed E-state index contributed by atoms with van der Waals surface area (Å²) in [5.74, 6) is -0.109. The summed E-state index contributed by atoms with van der Waals surface area (Å²) in [7, 11) is 0. The number of hydrogen-bond acceptors (Lipinski definition) is 3. The zero-order chi connectivity index (χ0) is 16.2. The van der Waals surface area contributed by atoms with Gasteiger partial charge in [0.05, 0.1) is 10.7 Å². The Morgan fingerprint density at radius 3 is 2.57 bits per heavy atom. The van der Waals surface area contributed by atoms with Crippen molar-refractivity contribution in [2.75, 3.05) is 0 Å². The van der Waals surface area contributed by atoms with Crippen LogP contribution >= 0.6 is 22.9 Å². The molecule has 1 amide bonds. The van der Waals surface area contributed by atoms with Crippen molar-refractivity contribution in [3.05, 3.63) is 75.8 Å². The Hall–Kier alpha value is -2.17. The van der Waals surface area contributed by atoms with Gasteiger partial charge in [0, 0.05) is 12.1 Å². The van der Waals surface area contributed by atoms with Crippen molar-refractivity contribution in [1.29, 1.82) is 0 Å². The third-order valence-electron chi connectivity index (χ3n) is 3.40. The Kier molecular flexibility index (Phi) is 4.74. The summed E-state index contributed by atoms with van der Waals surface area (Å²) in [5.41, 5.74) is 2.63. The van der Waals surface area contributed by atoms with Gasteiger partial charge in [-0.3, -0.25) is 4.79 Å². The molecule has 0 saturated carbocycles. The van der Waals surface area contributed by atoms with Crippen LogP contribution in [0, 0.1) is 6.92 Å². The van der Waals surface area contributed by atoms with Gasteiger partial charge >= 0.3 is 0 Å². The first-order valence-corrected chi connectivity index (χ1v) is 8.39. The summed E-state index contributed by atoms with van der Waals surface area (Å²) >= 11 is 7.57. The Labute approximate surface area is 144 Å². The normalized spacial score (nSPS) is 10.5. The minimum atomic E-state index is -0.109.